The molecule has 0 aromatic heterocycles. The Hall–Kier alpha value is -1.30. The van der Waals surface area contributed by atoms with E-state index in [1.165, 1.54) is 0 Å². The number of nitrogens with one attached hydrogen (secondary N) is 2. The van der Waals surface area contributed by atoms with Crippen molar-refractivity contribution in [2.75, 3.05) is 26.7 Å². The Bertz CT molecular complexity index is 430. The Kier molecular flexibility index (Phi) is 11.5. The number of carbonyl (C=O) groups excluding carboxylic acids is 1. The summed E-state index contributed by atoms with van der Waals surface area (Å²) in [4.78, 5) is 11.8. The van der Waals surface area contributed by atoms with Crippen molar-refractivity contribution in [2.45, 2.75) is 33.0 Å². The maximum absolute atomic E-state index is 11.8. The molecule has 0 aliphatic rings. The van der Waals surface area contributed by atoms with E-state index < -0.39 is 6.10 Å². The molecule has 0 saturated heterocycles. The van der Waals surface area contributed by atoms with Gasteiger partial charge in [-0.1, -0.05) is 19.1 Å². The highest BCUT2D eigenvalue weighted by molar-refractivity contribution is 5.85. The summed E-state index contributed by atoms with van der Waals surface area (Å²) < 4.78 is 10.7. The van der Waals surface area contributed by atoms with E-state index in [2.05, 4.69) is 17.6 Å². The first kappa shape index (κ1) is 20.7. The SMILES string of the molecule is CCCNCCNC(=O)C(C)OCc1cccc(OC)c1.Cl. The molecule has 0 spiro atoms. The van der Waals surface area contributed by atoms with Crippen molar-refractivity contribution in [2.24, 2.45) is 0 Å². The molecule has 1 aromatic rings. The van der Waals surface area contributed by atoms with Crippen molar-refractivity contribution in [3.05, 3.63) is 29.8 Å². The van der Waals surface area contributed by atoms with Crippen LogP contribution in [0.4, 0.5) is 0 Å². The van der Waals surface area contributed by atoms with Gasteiger partial charge < -0.3 is 20.1 Å². The summed E-state index contributed by atoms with van der Waals surface area (Å²) in [7, 11) is 1.63. The first-order valence-electron chi connectivity index (χ1n) is 7.40. The predicted octanol–water partition coefficient (Wildman–Crippen LogP) is 2.14. The minimum Gasteiger partial charge on any atom is -0.497 e. The molecule has 1 rings (SSSR count). The highest BCUT2D eigenvalue weighted by Crippen LogP contribution is 2.13. The quantitative estimate of drug-likeness (QED) is 0.645. The van der Waals surface area contributed by atoms with Crippen LogP contribution in [0.25, 0.3) is 0 Å². The third-order valence-electron chi connectivity index (χ3n) is 3.03. The van der Waals surface area contributed by atoms with Crippen LogP contribution in [0.2, 0.25) is 0 Å². The van der Waals surface area contributed by atoms with Crippen LogP contribution in [0.1, 0.15) is 25.8 Å². The van der Waals surface area contributed by atoms with Gasteiger partial charge in [-0.2, -0.15) is 0 Å². The number of methoxy groups -OCH3 is 1. The van der Waals surface area contributed by atoms with Crippen molar-refractivity contribution < 1.29 is 14.3 Å². The molecule has 22 heavy (non-hydrogen) atoms. The predicted molar refractivity (Wildman–Crippen MR) is 90.7 cm³/mol. The van der Waals surface area contributed by atoms with E-state index >= 15 is 0 Å². The molecule has 0 fully saturated rings. The van der Waals surface area contributed by atoms with Crippen molar-refractivity contribution in [1.29, 1.82) is 0 Å². The number of halogens is 1. The summed E-state index contributed by atoms with van der Waals surface area (Å²) in [5.74, 6) is 0.700. The standard InChI is InChI=1S/C16H26N2O3.ClH/c1-4-8-17-9-10-18-16(19)13(2)21-12-14-6-5-7-15(11-14)20-3;/h5-7,11,13,17H,4,8-10,12H2,1-3H3,(H,18,19);1H. The maximum Gasteiger partial charge on any atom is 0.248 e. The largest absolute Gasteiger partial charge is 0.497 e. The number of carbonyl (C=O) groups is 1. The Morgan fingerprint density at radius 3 is 2.73 bits per heavy atom. The molecule has 5 nitrogen and oxygen atoms in total. The van der Waals surface area contributed by atoms with Crippen LogP contribution in [0, 0.1) is 0 Å². The molecule has 1 aromatic carbocycles. The summed E-state index contributed by atoms with van der Waals surface area (Å²) in [5.41, 5.74) is 0.985. The minimum absolute atomic E-state index is 0. The maximum atomic E-state index is 11.8. The van der Waals surface area contributed by atoms with Gasteiger partial charge in [-0.25, -0.2) is 0 Å². The lowest BCUT2D eigenvalue weighted by molar-refractivity contribution is -0.132. The zero-order chi connectivity index (χ0) is 15.5. The van der Waals surface area contributed by atoms with Crippen LogP contribution in [0.15, 0.2) is 24.3 Å². The lowest BCUT2D eigenvalue weighted by Gasteiger charge is -2.14. The van der Waals surface area contributed by atoms with Crippen LogP contribution in [0.5, 0.6) is 5.75 Å². The zero-order valence-corrected chi connectivity index (χ0v) is 14.4. The van der Waals surface area contributed by atoms with Gasteiger partial charge in [-0.3, -0.25) is 4.79 Å². The van der Waals surface area contributed by atoms with Crippen LogP contribution >= 0.6 is 12.4 Å². The molecule has 0 saturated carbocycles. The van der Waals surface area contributed by atoms with Crippen molar-refractivity contribution in [1.82, 2.24) is 10.6 Å². The van der Waals surface area contributed by atoms with E-state index in [-0.39, 0.29) is 18.3 Å². The molecular weight excluding hydrogens is 304 g/mol. The van der Waals surface area contributed by atoms with Gasteiger partial charge in [-0.15, -0.1) is 12.4 Å². The highest BCUT2D eigenvalue weighted by atomic mass is 35.5. The molecule has 0 aliphatic carbocycles. The number of hydrogen-bond acceptors (Lipinski definition) is 4. The topological polar surface area (TPSA) is 59.6 Å². The third-order valence-corrected chi connectivity index (χ3v) is 3.03. The molecule has 1 atom stereocenters. The molecule has 0 aliphatic heterocycles. The lowest BCUT2D eigenvalue weighted by Crippen LogP contribution is -2.38. The number of hydrogen-bond donors (Lipinski definition) is 2. The molecule has 1 unspecified atom stereocenters. The first-order valence-corrected chi connectivity index (χ1v) is 7.40. The van der Waals surface area contributed by atoms with Crippen LogP contribution in [-0.4, -0.2) is 38.8 Å². The van der Waals surface area contributed by atoms with Gasteiger partial charge in [0.05, 0.1) is 13.7 Å². The smallest absolute Gasteiger partial charge is 0.248 e. The molecule has 0 radical (unpaired) electrons. The summed E-state index contributed by atoms with van der Waals surface area (Å²) >= 11 is 0. The monoisotopic (exact) mass is 330 g/mol. The fourth-order valence-corrected chi connectivity index (χ4v) is 1.78. The van der Waals surface area contributed by atoms with E-state index in [1.807, 2.05) is 24.3 Å². The number of ether oxygens (including phenoxy) is 2. The van der Waals surface area contributed by atoms with E-state index in [9.17, 15) is 4.79 Å². The van der Waals surface area contributed by atoms with Crippen molar-refractivity contribution in [3.63, 3.8) is 0 Å². The molecule has 0 bridgehead atoms. The Morgan fingerprint density at radius 2 is 2.05 bits per heavy atom. The molecular formula is C16H27ClN2O3. The first-order chi connectivity index (χ1) is 10.2. The van der Waals surface area contributed by atoms with Gasteiger partial charge in [0, 0.05) is 13.1 Å². The highest BCUT2D eigenvalue weighted by Gasteiger charge is 2.12. The van der Waals surface area contributed by atoms with E-state index in [1.54, 1.807) is 14.0 Å². The number of benzene rings is 1. The van der Waals surface area contributed by atoms with Crippen molar-refractivity contribution in [3.8, 4) is 5.75 Å². The zero-order valence-electron chi connectivity index (χ0n) is 13.6. The normalized spacial score (nSPS) is 11.4. The van der Waals surface area contributed by atoms with Gasteiger partial charge in [0.25, 0.3) is 0 Å². The third kappa shape index (κ3) is 8.22. The van der Waals surface area contributed by atoms with Gasteiger partial charge in [0.2, 0.25) is 5.91 Å². The fraction of sp³-hybridized carbons (Fsp3) is 0.562. The summed E-state index contributed by atoms with van der Waals surface area (Å²) in [6.07, 6.45) is 0.621. The second-order valence-corrected chi connectivity index (χ2v) is 4.85. The average Bonchev–Trinajstić information content (AvgIpc) is 2.52. The molecule has 0 heterocycles. The van der Waals surface area contributed by atoms with Gasteiger partial charge >= 0.3 is 0 Å². The Labute approximate surface area is 139 Å². The average molecular weight is 331 g/mol. The fourth-order valence-electron chi connectivity index (χ4n) is 1.78. The molecule has 2 N–H and O–H groups in total. The van der Waals surface area contributed by atoms with Crippen LogP contribution in [0.3, 0.4) is 0 Å². The second-order valence-electron chi connectivity index (χ2n) is 4.85. The van der Waals surface area contributed by atoms with Gasteiger partial charge in [-0.05, 0) is 37.6 Å². The molecule has 6 heteroatoms. The number of rotatable bonds is 10. The lowest BCUT2D eigenvalue weighted by atomic mass is 10.2. The minimum atomic E-state index is -0.470. The summed E-state index contributed by atoms with van der Waals surface area (Å²) in [6.45, 7) is 6.63. The van der Waals surface area contributed by atoms with Gasteiger partial charge in [0.1, 0.15) is 11.9 Å². The summed E-state index contributed by atoms with van der Waals surface area (Å²) in [5, 5.41) is 6.08. The Morgan fingerprint density at radius 1 is 1.27 bits per heavy atom. The second kappa shape index (κ2) is 12.3. The molecule has 1 amide bonds. The Balaban J connectivity index is 0.00000441. The van der Waals surface area contributed by atoms with Gasteiger partial charge in [0.15, 0.2) is 0 Å². The molecule has 126 valence electrons. The van der Waals surface area contributed by atoms with E-state index in [0.29, 0.717) is 13.2 Å². The van der Waals surface area contributed by atoms with E-state index in [0.717, 1.165) is 30.8 Å². The van der Waals surface area contributed by atoms with Crippen LogP contribution < -0.4 is 15.4 Å². The van der Waals surface area contributed by atoms with Crippen molar-refractivity contribution >= 4 is 18.3 Å². The number of amides is 1. The summed E-state index contributed by atoms with van der Waals surface area (Å²) in [6, 6.07) is 7.63. The van der Waals surface area contributed by atoms with E-state index in [4.69, 9.17) is 9.47 Å². The van der Waals surface area contributed by atoms with Crippen LogP contribution in [-0.2, 0) is 16.1 Å².